The molecule has 2 N–H and O–H groups in total. The summed E-state index contributed by atoms with van der Waals surface area (Å²) in [7, 11) is 0. The second-order valence-corrected chi connectivity index (χ2v) is 4.03. The van der Waals surface area contributed by atoms with Crippen LogP contribution in [0.5, 0.6) is 0 Å². The summed E-state index contributed by atoms with van der Waals surface area (Å²) in [5.74, 6) is 1.60. The lowest BCUT2D eigenvalue weighted by atomic mass is 10.2. The van der Waals surface area contributed by atoms with Crippen molar-refractivity contribution in [3.63, 3.8) is 0 Å². The molecule has 0 unspecified atom stereocenters. The number of nitrogens with zero attached hydrogens (tertiary/aromatic N) is 1. The van der Waals surface area contributed by atoms with Gasteiger partial charge in [-0.15, -0.1) is 11.8 Å². The van der Waals surface area contributed by atoms with Crippen LogP contribution in [0.4, 0.5) is 0 Å². The van der Waals surface area contributed by atoms with Crippen molar-refractivity contribution in [2.75, 3.05) is 11.6 Å². The molecule has 64 valence electrons. The molecule has 0 aliphatic carbocycles. The van der Waals surface area contributed by atoms with Gasteiger partial charge in [0.1, 0.15) is 0 Å². The number of amides is 1. The first-order chi connectivity index (χ1) is 5.13. The van der Waals surface area contributed by atoms with Crippen LogP contribution in [0.1, 0.15) is 13.8 Å². The number of rotatable bonds is 2. The van der Waals surface area contributed by atoms with E-state index in [1.807, 2.05) is 0 Å². The molecule has 1 aliphatic rings. The SMILES string of the molecule is CC(C)N1CSC[C@H]1C(N)=O. The highest BCUT2D eigenvalue weighted by Gasteiger charge is 2.30. The summed E-state index contributed by atoms with van der Waals surface area (Å²) in [4.78, 5) is 13.0. The Kier molecular flexibility index (Phi) is 2.78. The molecule has 1 saturated heterocycles. The summed E-state index contributed by atoms with van der Waals surface area (Å²) in [5, 5.41) is 0. The molecule has 3 nitrogen and oxygen atoms in total. The van der Waals surface area contributed by atoms with Crippen molar-refractivity contribution in [2.24, 2.45) is 5.73 Å². The lowest BCUT2D eigenvalue weighted by molar-refractivity contribution is -0.122. The molecule has 1 fully saturated rings. The van der Waals surface area contributed by atoms with Crippen molar-refractivity contribution in [1.29, 1.82) is 0 Å². The maximum atomic E-state index is 10.9. The Labute approximate surface area is 71.3 Å². The molecule has 0 aromatic heterocycles. The van der Waals surface area contributed by atoms with E-state index in [1.165, 1.54) is 0 Å². The fourth-order valence-electron chi connectivity index (χ4n) is 1.21. The van der Waals surface area contributed by atoms with Gasteiger partial charge in [-0.1, -0.05) is 0 Å². The number of carbonyl (C=O) groups excluding carboxylic acids is 1. The maximum absolute atomic E-state index is 10.9. The maximum Gasteiger partial charge on any atom is 0.235 e. The zero-order valence-corrected chi connectivity index (χ0v) is 7.73. The molecule has 0 aromatic rings. The van der Waals surface area contributed by atoms with E-state index in [4.69, 9.17) is 5.73 Å². The molecule has 11 heavy (non-hydrogen) atoms. The molecule has 0 aromatic carbocycles. The molecule has 0 radical (unpaired) electrons. The van der Waals surface area contributed by atoms with Gasteiger partial charge in [-0.05, 0) is 13.8 Å². The molecule has 1 atom stereocenters. The van der Waals surface area contributed by atoms with Gasteiger partial charge in [0.25, 0.3) is 0 Å². The van der Waals surface area contributed by atoms with Crippen LogP contribution in [-0.4, -0.2) is 34.5 Å². The first-order valence-corrected chi connectivity index (χ1v) is 4.91. The van der Waals surface area contributed by atoms with Crippen LogP contribution in [0.3, 0.4) is 0 Å². The monoisotopic (exact) mass is 174 g/mol. The lowest BCUT2D eigenvalue weighted by Crippen LogP contribution is -2.45. The Balaban J connectivity index is 2.58. The third-order valence-electron chi connectivity index (χ3n) is 1.91. The van der Waals surface area contributed by atoms with E-state index in [-0.39, 0.29) is 11.9 Å². The average Bonchev–Trinajstić information content (AvgIpc) is 2.32. The molecule has 4 heteroatoms. The Morgan fingerprint density at radius 1 is 1.73 bits per heavy atom. The van der Waals surface area contributed by atoms with Crippen molar-refractivity contribution in [1.82, 2.24) is 4.90 Å². The van der Waals surface area contributed by atoms with Gasteiger partial charge >= 0.3 is 0 Å². The van der Waals surface area contributed by atoms with E-state index in [1.54, 1.807) is 11.8 Å². The van der Waals surface area contributed by atoms with E-state index >= 15 is 0 Å². The second-order valence-electron chi connectivity index (χ2n) is 3.03. The van der Waals surface area contributed by atoms with Crippen LogP contribution in [0, 0.1) is 0 Å². The minimum absolute atomic E-state index is 0.0417. The van der Waals surface area contributed by atoms with E-state index in [2.05, 4.69) is 18.7 Å². The van der Waals surface area contributed by atoms with Crippen LogP contribution in [0.15, 0.2) is 0 Å². The summed E-state index contributed by atoms with van der Waals surface area (Å²) < 4.78 is 0. The molecular weight excluding hydrogens is 160 g/mol. The molecule has 0 bridgehead atoms. The number of primary amides is 1. The van der Waals surface area contributed by atoms with E-state index in [0.717, 1.165) is 11.6 Å². The number of nitrogens with two attached hydrogens (primary N) is 1. The summed E-state index contributed by atoms with van der Waals surface area (Å²) in [5.41, 5.74) is 5.23. The van der Waals surface area contributed by atoms with Gasteiger partial charge in [-0.2, -0.15) is 0 Å². The number of hydrogen-bond donors (Lipinski definition) is 1. The first-order valence-electron chi connectivity index (χ1n) is 3.75. The van der Waals surface area contributed by atoms with Crippen LogP contribution in [-0.2, 0) is 4.79 Å². The number of hydrogen-bond acceptors (Lipinski definition) is 3. The van der Waals surface area contributed by atoms with Crippen LogP contribution in [0.25, 0.3) is 0 Å². The smallest absolute Gasteiger partial charge is 0.235 e. The predicted molar refractivity (Wildman–Crippen MR) is 47.3 cm³/mol. The summed E-state index contributed by atoms with van der Waals surface area (Å²) >= 11 is 1.77. The van der Waals surface area contributed by atoms with Gasteiger partial charge in [-0.25, -0.2) is 0 Å². The predicted octanol–water partition coefficient (Wildman–Crippen LogP) is 0.255. The molecule has 1 aliphatic heterocycles. The molecule has 0 saturated carbocycles. The summed E-state index contributed by atoms with van der Waals surface area (Å²) in [6.07, 6.45) is 0. The second kappa shape index (κ2) is 3.45. The van der Waals surface area contributed by atoms with Crippen molar-refractivity contribution < 1.29 is 4.79 Å². The van der Waals surface area contributed by atoms with Gasteiger partial charge in [0.2, 0.25) is 5.91 Å². The Morgan fingerprint density at radius 2 is 2.36 bits per heavy atom. The first kappa shape index (κ1) is 8.87. The van der Waals surface area contributed by atoms with Crippen LogP contribution < -0.4 is 5.73 Å². The fourth-order valence-corrected chi connectivity index (χ4v) is 2.58. The Morgan fingerprint density at radius 3 is 2.73 bits per heavy atom. The molecule has 0 spiro atoms. The minimum atomic E-state index is -0.191. The molecule has 1 rings (SSSR count). The minimum Gasteiger partial charge on any atom is -0.368 e. The van der Waals surface area contributed by atoms with Crippen molar-refractivity contribution in [3.05, 3.63) is 0 Å². The van der Waals surface area contributed by atoms with Gasteiger partial charge in [0.05, 0.1) is 6.04 Å². The van der Waals surface area contributed by atoms with Gasteiger partial charge in [0, 0.05) is 17.7 Å². The van der Waals surface area contributed by atoms with E-state index in [0.29, 0.717) is 6.04 Å². The zero-order chi connectivity index (χ0) is 8.43. The van der Waals surface area contributed by atoms with Crippen molar-refractivity contribution in [2.45, 2.75) is 25.9 Å². The largest absolute Gasteiger partial charge is 0.368 e. The van der Waals surface area contributed by atoms with Crippen LogP contribution >= 0.6 is 11.8 Å². The number of thioether (sulfide) groups is 1. The lowest BCUT2D eigenvalue weighted by Gasteiger charge is -2.24. The van der Waals surface area contributed by atoms with Crippen LogP contribution in [0.2, 0.25) is 0 Å². The highest BCUT2D eigenvalue weighted by atomic mass is 32.2. The Hall–Kier alpha value is -0.220. The summed E-state index contributed by atoms with van der Waals surface area (Å²) in [6.45, 7) is 4.17. The van der Waals surface area contributed by atoms with E-state index < -0.39 is 0 Å². The topological polar surface area (TPSA) is 46.3 Å². The average molecular weight is 174 g/mol. The normalized spacial score (nSPS) is 26.3. The molecule has 1 heterocycles. The number of carbonyl (C=O) groups is 1. The third-order valence-corrected chi connectivity index (χ3v) is 2.94. The van der Waals surface area contributed by atoms with E-state index in [9.17, 15) is 4.79 Å². The van der Waals surface area contributed by atoms with Gasteiger partial charge < -0.3 is 5.73 Å². The highest BCUT2D eigenvalue weighted by molar-refractivity contribution is 7.99. The zero-order valence-electron chi connectivity index (χ0n) is 6.91. The molecular formula is C7H14N2OS. The fraction of sp³-hybridized carbons (Fsp3) is 0.857. The third kappa shape index (κ3) is 1.87. The standard InChI is InChI=1S/C7H14N2OS/c1-5(2)9-4-11-3-6(9)7(8)10/h5-6H,3-4H2,1-2H3,(H2,8,10)/t6-/m0/s1. The summed E-state index contributed by atoms with van der Waals surface area (Å²) in [6, 6.07) is 0.377. The van der Waals surface area contributed by atoms with Crippen molar-refractivity contribution >= 4 is 17.7 Å². The highest BCUT2D eigenvalue weighted by Crippen LogP contribution is 2.22. The quantitative estimate of drug-likeness (QED) is 0.653. The van der Waals surface area contributed by atoms with Crippen molar-refractivity contribution in [3.8, 4) is 0 Å². The molecule has 1 amide bonds. The van der Waals surface area contributed by atoms with Gasteiger partial charge in [0.15, 0.2) is 0 Å². The van der Waals surface area contributed by atoms with Gasteiger partial charge in [-0.3, -0.25) is 9.69 Å². The Bertz CT molecular complexity index is 161.